The van der Waals surface area contributed by atoms with E-state index < -0.39 is 0 Å². The maximum atomic E-state index is 5.26. The second kappa shape index (κ2) is 8.87. The van der Waals surface area contributed by atoms with E-state index in [1.54, 1.807) is 0 Å². The predicted octanol–water partition coefficient (Wildman–Crippen LogP) is 4.59. The zero-order valence-corrected chi connectivity index (χ0v) is 24.9. The summed E-state index contributed by atoms with van der Waals surface area (Å²) in [6.07, 6.45) is 8.35. The molecule has 210 valence electrons. The first-order chi connectivity index (χ1) is 21.4. The van der Waals surface area contributed by atoms with Gasteiger partial charge in [0, 0.05) is 24.3 Å². The van der Waals surface area contributed by atoms with Crippen LogP contribution in [0.2, 0.25) is 0 Å². The van der Waals surface area contributed by atoms with Crippen LogP contribution in [0.1, 0.15) is 0 Å². The first-order valence-electron chi connectivity index (χ1n) is 14.7. The Bertz CT molecular complexity index is 2380. The second-order valence-corrected chi connectivity index (χ2v) is 11.8. The highest BCUT2D eigenvalue weighted by atomic mass is 15.0. The van der Waals surface area contributed by atoms with Gasteiger partial charge in [-0.2, -0.15) is 18.3 Å². The van der Waals surface area contributed by atoms with E-state index in [0.29, 0.717) is 0 Å². The van der Waals surface area contributed by atoms with Gasteiger partial charge in [-0.05, 0) is 48.5 Å². The van der Waals surface area contributed by atoms with Crippen LogP contribution in [0.5, 0.6) is 0 Å². The molecule has 8 heteroatoms. The van der Waals surface area contributed by atoms with Crippen LogP contribution in [0.4, 0.5) is 0 Å². The molecular weight excluding hydrogens is 544 g/mol. The Morgan fingerprint density at radius 1 is 0.455 bits per heavy atom. The molecule has 7 aromatic rings. The van der Waals surface area contributed by atoms with Gasteiger partial charge in [0.05, 0.1) is 44.3 Å². The van der Waals surface area contributed by atoms with Gasteiger partial charge in [0.15, 0.2) is 24.8 Å². The summed E-state index contributed by atoms with van der Waals surface area (Å²) < 4.78 is 8.66. The van der Waals surface area contributed by atoms with Crippen LogP contribution in [-0.4, -0.2) is 19.9 Å². The normalized spacial score (nSPS) is 12.1. The monoisotopic (exact) mass is 574 g/mol. The lowest BCUT2D eigenvalue weighted by molar-refractivity contribution is -0.660. The Morgan fingerprint density at radius 3 is 1.30 bits per heavy atom. The van der Waals surface area contributed by atoms with Gasteiger partial charge in [-0.3, -0.25) is 0 Å². The summed E-state index contributed by atoms with van der Waals surface area (Å²) >= 11 is 0. The summed E-state index contributed by atoms with van der Waals surface area (Å²) in [6.45, 7) is 0. The Hall–Kier alpha value is -5.76. The summed E-state index contributed by atoms with van der Waals surface area (Å²) in [5.74, 6) is 0. The largest absolute Gasteiger partial charge is 0.349 e. The fourth-order valence-corrected chi connectivity index (χ4v) is 7.04. The molecular formula is C36H30N8+4. The number of rotatable bonds is 0. The van der Waals surface area contributed by atoms with Gasteiger partial charge < -0.3 is 9.97 Å². The highest BCUT2D eigenvalue weighted by Gasteiger charge is 2.28. The minimum absolute atomic E-state index is 0.917. The van der Waals surface area contributed by atoms with Crippen LogP contribution in [0.3, 0.4) is 0 Å². The number of hydrogen-bond acceptors (Lipinski definition) is 2. The molecule has 2 aliphatic rings. The number of nitrogens with zero attached hydrogens (tertiary/aromatic N) is 6. The van der Waals surface area contributed by atoms with E-state index in [1.165, 1.54) is 0 Å². The number of pyridine rings is 4. The topological polar surface area (TPSA) is 72.9 Å². The number of fused-ring (bicyclic) bond motifs is 20. The van der Waals surface area contributed by atoms with E-state index in [-0.39, 0.29) is 0 Å². The van der Waals surface area contributed by atoms with Crippen molar-refractivity contribution in [3.63, 3.8) is 0 Å². The zero-order valence-electron chi connectivity index (χ0n) is 24.9. The minimum atomic E-state index is 0.917. The van der Waals surface area contributed by atoms with Gasteiger partial charge in [0.25, 0.3) is 0 Å². The predicted molar refractivity (Wildman–Crippen MR) is 170 cm³/mol. The van der Waals surface area contributed by atoms with Crippen LogP contribution in [0.25, 0.3) is 89.2 Å². The van der Waals surface area contributed by atoms with Crippen molar-refractivity contribution in [2.24, 2.45) is 28.2 Å². The van der Waals surface area contributed by atoms with Crippen LogP contribution >= 0.6 is 0 Å². The summed E-state index contributed by atoms with van der Waals surface area (Å²) in [6, 6.07) is 25.7. The molecule has 0 saturated heterocycles. The number of hydrogen-bond donors (Lipinski definition) is 2. The Labute approximate surface area is 252 Å². The summed E-state index contributed by atoms with van der Waals surface area (Å²) in [5.41, 5.74) is 14.3. The summed E-state index contributed by atoms with van der Waals surface area (Å²) in [7, 11) is 8.35. The van der Waals surface area contributed by atoms with Crippen LogP contribution in [0.15, 0.2) is 97.6 Å². The van der Waals surface area contributed by atoms with Gasteiger partial charge in [-0.15, -0.1) is 0 Å². The third-order valence-corrected chi connectivity index (χ3v) is 8.99. The van der Waals surface area contributed by atoms with Crippen LogP contribution < -0.4 is 18.3 Å². The second-order valence-electron chi connectivity index (χ2n) is 11.8. The summed E-state index contributed by atoms with van der Waals surface area (Å²) in [5, 5.41) is 2.26. The zero-order chi connectivity index (χ0) is 29.7. The quantitative estimate of drug-likeness (QED) is 0.260. The van der Waals surface area contributed by atoms with E-state index in [4.69, 9.17) is 9.97 Å². The lowest BCUT2D eigenvalue weighted by atomic mass is 10.1. The lowest BCUT2D eigenvalue weighted by Crippen LogP contribution is -2.30. The molecule has 2 N–H and O–H groups in total. The van der Waals surface area contributed by atoms with Crippen molar-refractivity contribution in [2.75, 3.05) is 0 Å². The molecule has 8 nitrogen and oxygen atoms in total. The third-order valence-electron chi connectivity index (χ3n) is 8.99. The standard InChI is InChI=1S/C36H29N8/c1-41-13-5-9-21-25-18-30-35-23(11-7-15-43(35)3)27(39-30)20-32-36-24(12-8-16-44(36)4)28(40-32)19-31-34-22(10-6-14-42(34)2)26(38-31)17-29(37-25)33(21)41/h5-20H,1-4H3,(H,37,38,39,40)/q+3/p+1. The van der Waals surface area contributed by atoms with E-state index in [1.807, 2.05) is 0 Å². The highest BCUT2D eigenvalue weighted by Crippen LogP contribution is 2.37. The molecule has 8 bridgehead atoms. The molecule has 0 spiro atoms. The fraction of sp³-hybridized carbons (Fsp3) is 0.111. The molecule has 0 atom stereocenters. The number of aromatic nitrogens is 8. The van der Waals surface area contributed by atoms with Crippen molar-refractivity contribution in [3.05, 3.63) is 97.6 Å². The number of nitrogens with one attached hydrogen (secondary N) is 2. The molecule has 7 aromatic heterocycles. The van der Waals surface area contributed by atoms with Gasteiger partial charge >= 0.3 is 0 Å². The molecule has 0 aliphatic carbocycles. The number of H-pyrrole nitrogens is 2. The molecule has 0 fully saturated rings. The Morgan fingerprint density at radius 2 is 0.841 bits per heavy atom. The molecule has 44 heavy (non-hydrogen) atoms. The minimum Gasteiger partial charge on any atom is -0.349 e. The van der Waals surface area contributed by atoms with Crippen molar-refractivity contribution in [2.45, 2.75) is 0 Å². The molecule has 9 rings (SSSR count). The number of aryl methyl sites for hydroxylation is 4. The average Bonchev–Trinajstić information content (AvgIpc) is 3.74. The first-order valence-corrected chi connectivity index (χ1v) is 14.7. The Balaban J connectivity index is 1.54. The van der Waals surface area contributed by atoms with Crippen LogP contribution in [-0.2, 0) is 28.2 Å². The SMILES string of the molecule is C[n+]1cccc2c1-c1cc3[nH]c(cc4nc(cc5[nH]c(cc-2n1)c1c5ccc[n+]1C)-c1c-4ccc[n+]1C)c1c3ccc[n+]1C. The molecule has 0 unspecified atom stereocenters. The van der Waals surface area contributed by atoms with E-state index in [0.717, 1.165) is 89.2 Å². The van der Waals surface area contributed by atoms with Gasteiger partial charge in [0.1, 0.15) is 50.6 Å². The molecule has 0 saturated carbocycles. The summed E-state index contributed by atoms with van der Waals surface area (Å²) in [4.78, 5) is 18.0. The smallest absolute Gasteiger partial charge is 0.240 e. The van der Waals surface area contributed by atoms with Crippen molar-refractivity contribution in [3.8, 4) is 45.3 Å². The molecule has 2 aliphatic heterocycles. The number of aromatic amines is 2. The molecule has 0 amide bonds. The van der Waals surface area contributed by atoms with Crippen molar-refractivity contribution in [1.82, 2.24) is 19.9 Å². The van der Waals surface area contributed by atoms with Crippen molar-refractivity contribution < 1.29 is 18.3 Å². The third kappa shape index (κ3) is 3.45. The van der Waals surface area contributed by atoms with Gasteiger partial charge in [-0.1, -0.05) is 0 Å². The van der Waals surface area contributed by atoms with E-state index >= 15 is 0 Å². The fourth-order valence-electron chi connectivity index (χ4n) is 7.04. The highest BCUT2D eigenvalue weighted by molar-refractivity contribution is 6.06. The van der Waals surface area contributed by atoms with E-state index in [9.17, 15) is 0 Å². The average molecular weight is 575 g/mol. The van der Waals surface area contributed by atoms with Gasteiger partial charge in [0.2, 0.25) is 22.4 Å². The first kappa shape index (κ1) is 24.8. The maximum Gasteiger partial charge on any atom is 0.240 e. The molecule has 0 radical (unpaired) electrons. The maximum absolute atomic E-state index is 5.26. The molecule has 0 aromatic carbocycles. The molecule has 9 heterocycles. The Kier molecular flexibility index (Phi) is 5.00. The van der Waals surface area contributed by atoms with Gasteiger partial charge in [-0.25, -0.2) is 9.97 Å². The lowest BCUT2D eigenvalue weighted by Gasteiger charge is -1.97. The van der Waals surface area contributed by atoms with Crippen molar-refractivity contribution >= 4 is 43.9 Å². The van der Waals surface area contributed by atoms with Crippen molar-refractivity contribution in [1.29, 1.82) is 0 Å². The van der Waals surface area contributed by atoms with Crippen LogP contribution in [0, 0.1) is 0 Å². The van der Waals surface area contributed by atoms with E-state index in [2.05, 4.69) is 154 Å².